The lowest BCUT2D eigenvalue weighted by atomic mass is 10.1. The Balaban J connectivity index is 1.72. The van der Waals surface area contributed by atoms with Crippen molar-refractivity contribution in [3.8, 4) is 0 Å². The number of para-hydroxylation sites is 1. The van der Waals surface area contributed by atoms with Crippen LogP contribution in [0.25, 0.3) is 11.0 Å². The highest BCUT2D eigenvalue weighted by molar-refractivity contribution is 7.09. The Morgan fingerprint density at radius 1 is 1.35 bits per heavy atom. The predicted molar refractivity (Wildman–Crippen MR) is 87.5 cm³/mol. The molecule has 0 atom stereocenters. The van der Waals surface area contributed by atoms with Gasteiger partial charge in [-0.1, -0.05) is 12.1 Å². The van der Waals surface area contributed by atoms with E-state index in [9.17, 15) is 9.59 Å². The van der Waals surface area contributed by atoms with Gasteiger partial charge in [0.2, 0.25) is 5.43 Å². The van der Waals surface area contributed by atoms with Gasteiger partial charge in [0.25, 0.3) is 5.91 Å². The van der Waals surface area contributed by atoms with E-state index in [-0.39, 0.29) is 22.9 Å². The Kier molecular flexibility index (Phi) is 3.46. The molecule has 0 spiro atoms. The summed E-state index contributed by atoms with van der Waals surface area (Å²) in [5.41, 5.74) is 0.306. The predicted octanol–water partition coefficient (Wildman–Crippen LogP) is 3.05. The molecule has 1 aliphatic carbocycles. The first-order chi connectivity index (χ1) is 11.2. The molecule has 1 amide bonds. The van der Waals surface area contributed by atoms with E-state index < -0.39 is 0 Å². The Morgan fingerprint density at radius 2 is 2.17 bits per heavy atom. The number of rotatable bonds is 4. The van der Waals surface area contributed by atoms with Gasteiger partial charge in [-0.05, 0) is 25.0 Å². The maximum atomic E-state index is 12.9. The molecule has 5 nitrogen and oxygen atoms in total. The number of hydrogen-bond donors (Lipinski definition) is 0. The van der Waals surface area contributed by atoms with Crippen LogP contribution in [0, 0.1) is 0 Å². The maximum absolute atomic E-state index is 12.9. The van der Waals surface area contributed by atoms with Crippen LogP contribution in [-0.2, 0) is 6.54 Å². The van der Waals surface area contributed by atoms with Crippen molar-refractivity contribution in [3.63, 3.8) is 0 Å². The van der Waals surface area contributed by atoms with Gasteiger partial charge in [-0.25, -0.2) is 4.98 Å². The highest BCUT2D eigenvalue weighted by Crippen LogP contribution is 2.30. The van der Waals surface area contributed by atoms with Gasteiger partial charge in [0.15, 0.2) is 0 Å². The molecule has 2 heterocycles. The third-order valence-corrected chi connectivity index (χ3v) is 4.71. The fourth-order valence-corrected chi connectivity index (χ4v) is 3.22. The number of carbonyl (C=O) groups is 1. The zero-order chi connectivity index (χ0) is 15.8. The van der Waals surface area contributed by atoms with E-state index in [1.165, 1.54) is 17.6 Å². The summed E-state index contributed by atoms with van der Waals surface area (Å²) in [4.78, 5) is 31.4. The molecule has 4 rings (SSSR count). The molecular formula is C17H14N2O3S. The average molecular weight is 326 g/mol. The topological polar surface area (TPSA) is 63.4 Å². The molecule has 1 aliphatic rings. The molecule has 1 aromatic carbocycles. The molecule has 2 aromatic heterocycles. The summed E-state index contributed by atoms with van der Waals surface area (Å²) in [6, 6.07) is 7.16. The second-order valence-electron chi connectivity index (χ2n) is 5.56. The van der Waals surface area contributed by atoms with E-state index in [4.69, 9.17) is 4.42 Å². The molecule has 0 aliphatic heterocycles. The highest BCUT2D eigenvalue weighted by Gasteiger charge is 2.34. The van der Waals surface area contributed by atoms with Gasteiger partial charge in [-0.3, -0.25) is 9.59 Å². The van der Waals surface area contributed by atoms with Crippen molar-refractivity contribution in [2.24, 2.45) is 0 Å². The van der Waals surface area contributed by atoms with Crippen LogP contribution in [0.15, 0.2) is 51.3 Å². The van der Waals surface area contributed by atoms with Crippen molar-refractivity contribution in [2.45, 2.75) is 25.4 Å². The van der Waals surface area contributed by atoms with Crippen molar-refractivity contribution in [1.29, 1.82) is 0 Å². The summed E-state index contributed by atoms with van der Waals surface area (Å²) in [5, 5.41) is 3.19. The number of aromatic nitrogens is 1. The molecule has 23 heavy (non-hydrogen) atoms. The Hall–Kier alpha value is -2.47. The van der Waals surface area contributed by atoms with Gasteiger partial charge < -0.3 is 9.32 Å². The molecule has 1 saturated carbocycles. The maximum Gasteiger partial charge on any atom is 0.261 e. The number of fused-ring (bicyclic) bond motifs is 1. The van der Waals surface area contributed by atoms with Crippen LogP contribution in [-0.4, -0.2) is 21.8 Å². The Bertz CT molecular complexity index is 913. The fourth-order valence-electron chi connectivity index (χ4n) is 2.61. The van der Waals surface area contributed by atoms with E-state index in [1.54, 1.807) is 35.4 Å². The molecule has 6 heteroatoms. The minimum Gasteiger partial charge on any atom is -0.463 e. The van der Waals surface area contributed by atoms with Gasteiger partial charge in [0.05, 0.1) is 11.9 Å². The molecule has 116 valence electrons. The number of hydrogen-bond acceptors (Lipinski definition) is 5. The standard InChI is InChI=1S/C17H14N2O3S/c20-16-12-3-1-2-4-14(12)22-10-13(16)17(21)19(11-5-6-11)9-15-18-7-8-23-15/h1-4,7-8,10-11H,5-6,9H2. The first-order valence-corrected chi connectivity index (χ1v) is 8.32. The first kappa shape index (κ1) is 14.1. The fraction of sp³-hybridized carbons (Fsp3) is 0.235. The van der Waals surface area contributed by atoms with E-state index in [1.807, 2.05) is 5.38 Å². The van der Waals surface area contributed by atoms with Gasteiger partial charge >= 0.3 is 0 Å². The monoisotopic (exact) mass is 326 g/mol. The third kappa shape index (κ3) is 2.66. The number of benzene rings is 1. The lowest BCUT2D eigenvalue weighted by Gasteiger charge is -2.20. The number of amides is 1. The summed E-state index contributed by atoms with van der Waals surface area (Å²) >= 11 is 1.51. The van der Waals surface area contributed by atoms with E-state index in [0.717, 1.165) is 17.8 Å². The van der Waals surface area contributed by atoms with Crippen LogP contribution in [0.3, 0.4) is 0 Å². The summed E-state index contributed by atoms with van der Waals surface area (Å²) in [7, 11) is 0. The van der Waals surface area contributed by atoms with Crippen molar-refractivity contribution in [3.05, 3.63) is 62.9 Å². The minimum atomic E-state index is -0.276. The number of thiazole rings is 1. The van der Waals surface area contributed by atoms with Crippen molar-refractivity contribution in [2.75, 3.05) is 0 Å². The lowest BCUT2D eigenvalue weighted by Crippen LogP contribution is -2.35. The van der Waals surface area contributed by atoms with Crippen LogP contribution in [0.5, 0.6) is 0 Å². The number of carbonyl (C=O) groups excluding carboxylic acids is 1. The van der Waals surface area contributed by atoms with Crippen molar-refractivity contribution >= 4 is 28.2 Å². The van der Waals surface area contributed by atoms with Crippen LogP contribution in [0.4, 0.5) is 0 Å². The molecule has 3 aromatic rings. The van der Waals surface area contributed by atoms with Crippen LogP contribution in [0.2, 0.25) is 0 Å². The normalized spacial score (nSPS) is 14.1. The molecule has 0 unspecified atom stereocenters. The lowest BCUT2D eigenvalue weighted by molar-refractivity contribution is 0.0726. The zero-order valence-corrected chi connectivity index (χ0v) is 13.1. The first-order valence-electron chi connectivity index (χ1n) is 7.44. The quantitative estimate of drug-likeness (QED) is 0.739. The summed E-state index contributed by atoms with van der Waals surface area (Å²) in [5.74, 6) is -0.276. The van der Waals surface area contributed by atoms with E-state index >= 15 is 0 Å². The SMILES string of the molecule is O=C(c1coc2ccccc2c1=O)N(Cc1nccs1)C1CC1. The van der Waals surface area contributed by atoms with Gasteiger partial charge in [0, 0.05) is 17.6 Å². The smallest absolute Gasteiger partial charge is 0.261 e. The second kappa shape index (κ2) is 5.62. The van der Waals surface area contributed by atoms with E-state index in [0.29, 0.717) is 17.5 Å². The highest BCUT2D eigenvalue weighted by atomic mass is 32.1. The van der Waals surface area contributed by atoms with Crippen molar-refractivity contribution < 1.29 is 9.21 Å². The Labute approximate surface area is 136 Å². The molecule has 0 saturated heterocycles. The minimum absolute atomic E-state index is 0.0900. The summed E-state index contributed by atoms with van der Waals surface area (Å²) < 4.78 is 5.47. The van der Waals surface area contributed by atoms with Crippen LogP contribution >= 0.6 is 11.3 Å². The largest absolute Gasteiger partial charge is 0.463 e. The molecule has 0 N–H and O–H groups in total. The zero-order valence-electron chi connectivity index (χ0n) is 12.3. The Morgan fingerprint density at radius 3 is 2.91 bits per heavy atom. The number of nitrogens with zero attached hydrogens (tertiary/aromatic N) is 2. The van der Waals surface area contributed by atoms with Crippen LogP contribution < -0.4 is 5.43 Å². The van der Waals surface area contributed by atoms with Crippen molar-refractivity contribution in [1.82, 2.24) is 9.88 Å². The molecule has 1 fully saturated rings. The summed E-state index contributed by atoms with van der Waals surface area (Å²) in [6.07, 6.45) is 4.94. The molecule has 0 radical (unpaired) electrons. The van der Waals surface area contributed by atoms with Gasteiger partial charge in [0.1, 0.15) is 22.4 Å². The summed E-state index contributed by atoms with van der Waals surface area (Å²) in [6.45, 7) is 0.438. The molecule has 0 bridgehead atoms. The second-order valence-corrected chi connectivity index (χ2v) is 6.54. The van der Waals surface area contributed by atoms with E-state index in [2.05, 4.69) is 4.98 Å². The third-order valence-electron chi connectivity index (χ3n) is 3.95. The van der Waals surface area contributed by atoms with Crippen LogP contribution in [0.1, 0.15) is 28.2 Å². The molecular weight excluding hydrogens is 312 g/mol. The van der Waals surface area contributed by atoms with Gasteiger partial charge in [-0.2, -0.15) is 0 Å². The van der Waals surface area contributed by atoms with Gasteiger partial charge in [-0.15, -0.1) is 11.3 Å². The average Bonchev–Trinajstić information content (AvgIpc) is 3.29.